The second-order valence-electron chi connectivity index (χ2n) is 9.37. The van der Waals surface area contributed by atoms with Gasteiger partial charge in [-0.15, -0.1) is 0 Å². The fourth-order valence-electron chi connectivity index (χ4n) is 4.92. The van der Waals surface area contributed by atoms with Crippen molar-refractivity contribution < 1.29 is 4.74 Å². The van der Waals surface area contributed by atoms with Crippen LogP contribution >= 0.6 is 0 Å². The molecule has 36 heavy (non-hydrogen) atoms. The summed E-state index contributed by atoms with van der Waals surface area (Å²) in [6, 6.07) is 33.5. The average molecular weight is 475 g/mol. The lowest BCUT2D eigenvalue weighted by Crippen LogP contribution is -2.25. The highest BCUT2D eigenvalue weighted by molar-refractivity contribution is 5.72. The van der Waals surface area contributed by atoms with Crippen molar-refractivity contribution in [1.29, 1.82) is 0 Å². The number of ether oxygens (including phenoxy) is 1. The summed E-state index contributed by atoms with van der Waals surface area (Å²) in [6.07, 6.45) is 3.31. The van der Waals surface area contributed by atoms with Crippen LogP contribution < -0.4 is 4.74 Å². The molecule has 3 aromatic carbocycles. The van der Waals surface area contributed by atoms with E-state index in [1.807, 2.05) is 22.7 Å². The van der Waals surface area contributed by atoms with Gasteiger partial charge < -0.3 is 4.74 Å². The van der Waals surface area contributed by atoms with Crippen LogP contribution in [0.15, 0.2) is 97.1 Å². The molecule has 0 bridgehead atoms. The molecular weight excluding hydrogens is 444 g/mol. The van der Waals surface area contributed by atoms with E-state index in [1.54, 1.807) is 0 Å². The van der Waals surface area contributed by atoms with Crippen LogP contribution in [0.25, 0.3) is 28.0 Å². The molecule has 6 rings (SSSR count). The Balaban J connectivity index is 1.18. The maximum absolute atomic E-state index is 5.95. The number of pyridine rings is 1. The summed E-state index contributed by atoms with van der Waals surface area (Å²) in [6.45, 7) is 4.15. The molecule has 5 heteroatoms. The first-order valence-electron chi connectivity index (χ1n) is 12.8. The molecular formula is C31H30N4O. The summed E-state index contributed by atoms with van der Waals surface area (Å²) < 4.78 is 7.90. The van der Waals surface area contributed by atoms with Gasteiger partial charge >= 0.3 is 0 Å². The Morgan fingerprint density at radius 1 is 0.722 bits per heavy atom. The molecule has 180 valence electrons. The van der Waals surface area contributed by atoms with Gasteiger partial charge in [0.2, 0.25) is 0 Å². The third kappa shape index (κ3) is 5.02. The number of rotatable bonds is 8. The zero-order valence-corrected chi connectivity index (χ0v) is 20.4. The molecule has 0 atom stereocenters. The van der Waals surface area contributed by atoms with E-state index in [1.165, 1.54) is 42.6 Å². The predicted octanol–water partition coefficient (Wildman–Crippen LogP) is 6.13. The lowest BCUT2D eigenvalue weighted by molar-refractivity contribution is 0.238. The molecule has 3 heterocycles. The fourth-order valence-corrected chi connectivity index (χ4v) is 4.92. The molecule has 1 aliphatic heterocycles. The average Bonchev–Trinajstić information content (AvgIpc) is 3.60. The molecule has 0 saturated carbocycles. The Morgan fingerprint density at radius 2 is 1.47 bits per heavy atom. The van der Waals surface area contributed by atoms with Crippen LogP contribution in [-0.2, 0) is 6.42 Å². The van der Waals surface area contributed by atoms with E-state index in [2.05, 4.69) is 83.8 Å². The molecule has 1 saturated heterocycles. The zero-order valence-electron chi connectivity index (χ0n) is 20.4. The molecule has 0 unspecified atom stereocenters. The Kier molecular flexibility index (Phi) is 6.46. The van der Waals surface area contributed by atoms with Crippen LogP contribution in [0.3, 0.4) is 0 Å². The van der Waals surface area contributed by atoms with E-state index < -0.39 is 0 Å². The lowest BCUT2D eigenvalue weighted by Gasteiger charge is -2.14. The van der Waals surface area contributed by atoms with Crippen LogP contribution in [-0.4, -0.2) is 45.7 Å². The highest BCUT2D eigenvalue weighted by atomic mass is 16.5. The molecule has 1 aliphatic rings. The number of fused-ring (bicyclic) bond motifs is 1. The summed E-state index contributed by atoms with van der Waals surface area (Å²) >= 11 is 0. The van der Waals surface area contributed by atoms with Crippen molar-refractivity contribution in [1.82, 2.24) is 19.5 Å². The second kappa shape index (κ2) is 10.3. The third-order valence-corrected chi connectivity index (χ3v) is 6.83. The van der Waals surface area contributed by atoms with Gasteiger partial charge in [0.15, 0.2) is 11.5 Å². The Hall–Kier alpha value is -3.96. The van der Waals surface area contributed by atoms with Crippen molar-refractivity contribution in [2.45, 2.75) is 19.3 Å². The Labute approximate surface area is 212 Å². The molecule has 0 N–H and O–H groups in total. The fraction of sp³-hybridized carbons (Fsp3) is 0.226. The number of likely N-dealkylation sites (tertiary alicyclic amines) is 1. The molecule has 0 radical (unpaired) electrons. The maximum Gasteiger partial charge on any atom is 0.156 e. The summed E-state index contributed by atoms with van der Waals surface area (Å²) in [5.41, 5.74) is 6.57. The van der Waals surface area contributed by atoms with E-state index in [9.17, 15) is 0 Å². The number of aromatic nitrogens is 3. The number of benzene rings is 3. The van der Waals surface area contributed by atoms with Crippen LogP contribution in [0, 0.1) is 0 Å². The van der Waals surface area contributed by atoms with Gasteiger partial charge in [0.1, 0.15) is 12.4 Å². The summed E-state index contributed by atoms with van der Waals surface area (Å²) in [5, 5.41) is 4.87. The summed E-state index contributed by atoms with van der Waals surface area (Å²) in [7, 11) is 0. The smallest absolute Gasteiger partial charge is 0.156 e. The molecule has 0 amide bonds. The van der Waals surface area contributed by atoms with Crippen molar-refractivity contribution in [2.24, 2.45) is 0 Å². The largest absolute Gasteiger partial charge is 0.492 e. The number of nitrogens with zero attached hydrogens (tertiary/aromatic N) is 4. The number of hydrogen-bond acceptors (Lipinski definition) is 4. The quantitative estimate of drug-likeness (QED) is 0.271. The zero-order chi connectivity index (χ0) is 24.2. The van der Waals surface area contributed by atoms with Crippen molar-refractivity contribution in [2.75, 3.05) is 26.2 Å². The minimum atomic E-state index is 0.680. The first-order chi connectivity index (χ1) is 17.8. The van der Waals surface area contributed by atoms with Gasteiger partial charge in [0.25, 0.3) is 0 Å². The van der Waals surface area contributed by atoms with Gasteiger partial charge in [-0.05, 0) is 73.0 Å². The van der Waals surface area contributed by atoms with Gasteiger partial charge in [-0.3, -0.25) is 4.90 Å². The molecule has 5 aromatic rings. The minimum Gasteiger partial charge on any atom is -0.492 e. The van der Waals surface area contributed by atoms with Gasteiger partial charge in [0, 0.05) is 18.5 Å². The van der Waals surface area contributed by atoms with Crippen LogP contribution in [0.4, 0.5) is 0 Å². The topological polar surface area (TPSA) is 42.7 Å². The van der Waals surface area contributed by atoms with Crippen molar-refractivity contribution >= 4 is 5.65 Å². The Bertz CT molecular complexity index is 1440. The molecule has 2 aromatic heterocycles. The van der Waals surface area contributed by atoms with Gasteiger partial charge in [-0.25, -0.2) is 9.50 Å². The first kappa shape index (κ1) is 22.5. The van der Waals surface area contributed by atoms with Crippen molar-refractivity contribution in [3.8, 4) is 28.1 Å². The highest BCUT2D eigenvalue weighted by Crippen LogP contribution is 2.27. The first-order valence-corrected chi connectivity index (χ1v) is 12.8. The van der Waals surface area contributed by atoms with Gasteiger partial charge in [-0.1, -0.05) is 66.7 Å². The normalized spacial score (nSPS) is 13.9. The SMILES string of the molecule is c1ccc(-c2cccc(-c3cccc4nc(Cc5ccc(OCCN6CCCC6)cc5)nn34)c2)cc1. The molecule has 0 spiro atoms. The van der Waals surface area contributed by atoms with E-state index >= 15 is 0 Å². The van der Waals surface area contributed by atoms with E-state index in [4.69, 9.17) is 14.8 Å². The van der Waals surface area contributed by atoms with Crippen molar-refractivity contribution in [3.63, 3.8) is 0 Å². The Morgan fingerprint density at radius 3 is 2.31 bits per heavy atom. The highest BCUT2D eigenvalue weighted by Gasteiger charge is 2.12. The van der Waals surface area contributed by atoms with Crippen LogP contribution in [0.2, 0.25) is 0 Å². The lowest BCUT2D eigenvalue weighted by atomic mass is 10.0. The van der Waals surface area contributed by atoms with E-state index in [-0.39, 0.29) is 0 Å². The molecule has 1 fully saturated rings. The monoisotopic (exact) mass is 474 g/mol. The maximum atomic E-state index is 5.95. The van der Waals surface area contributed by atoms with E-state index in [0.29, 0.717) is 6.42 Å². The van der Waals surface area contributed by atoms with Crippen LogP contribution in [0.5, 0.6) is 5.75 Å². The van der Waals surface area contributed by atoms with Gasteiger partial charge in [0.05, 0.1) is 5.69 Å². The predicted molar refractivity (Wildman–Crippen MR) is 144 cm³/mol. The van der Waals surface area contributed by atoms with Crippen LogP contribution in [0.1, 0.15) is 24.2 Å². The summed E-state index contributed by atoms with van der Waals surface area (Å²) in [5.74, 6) is 1.73. The summed E-state index contributed by atoms with van der Waals surface area (Å²) in [4.78, 5) is 7.27. The van der Waals surface area contributed by atoms with Crippen molar-refractivity contribution in [3.05, 3.63) is 108 Å². The van der Waals surface area contributed by atoms with Gasteiger partial charge in [-0.2, -0.15) is 5.10 Å². The third-order valence-electron chi connectivity index (χ3n) is 6.83. The molecule has 5 nitrogen and oxygen atoms in total. The molecule has 0 aliphatic carbocycles. The van der Waals surface area contributed by atoms with E-state index in [0.717, 1.165) is 41.6 Å². The number of hydrogen-bond donors (Lipinski definition) is 0. The second-order valence-corrected chi connectivity index (χ2v) is 9.37. The minimum absolute atomic E-state index is 0.680. The standard InChI is InChI=1S/C31H30N4O/c1-2-8-25(9-3-1)26-10-6-11-27(23-26)29-12-7-13-31-32-30(33-35(29)31)22-24-14-16-28(17-15-24)36-21-20-34-18-4-5-19-34/h1-3,6-17,23H,4-5,18-22H2.